The Morgan fingerprint density at radius 2 is 1.42 bits per heavy atom. The van der Waals surface area contributed by atoms with Crippen LogP contribution >= 0.6 is 11.6 Å². The molecule has 0 aliphatic rings. The van der Waals surface area contributed by atoms with Crippen molar-refractivity contribution in [3.05, 3.63) is 0 Å². The van der Waals surface area contributed by atoms with Gasteiger partial charge in [0, 0.05) is 6.42 Å². The summed E-state index contributed by atoms with van der Waals surface area (Å²) in [6.45, 7) is 2.84. The molecule has 0 aromatic carbocycles. The standard InChI is InChI=1S/C19H32ClN5O8/c1-9(2)5-13(19(33)24-12(6-16(29)30)14(27)7-20)25-18(32)11(3-4-15(22)28)23-17(31)10(21)8-26/h9-13,26H,3-8,21H2,1-2H3,(H2,22,28)(H,23,31)(H,24,33)(H,25,32)(H,29,30)/t10-,11-,12-,13-/m0/s1. The van der Waals surface area contributed by atoms with Crippen LogP contribution in [-0.2, 0) is 28.8 Å². The zero-order chi connectivity index (χ0) is 25.7. The summed E-state index contributed by atoms with van der Waals surface area (Å²) in [5.41, 5.74) is 10.5. The van der Waals surface area contributed by atoms with Gasteiger partial charge >= 0.3 is 5.97 Å². The number of carbonyl (C=O) groups is 6. The molecule has 188 valence electrons. The van der Waals surface area contributed by atoms with Gasteiger partial charge in [0.2, 0.25) is 23.6 Å². The van der Waals surface area contributed by atoms with Crippen LogP contribution in [-0.4, -0.2) is 82.2 Å². The molecule has 0 unspecified atom stereocenters. The second-order valence-electron chi connectivity index (χ2n) is 7.80. The number of nitrogens with one attached hydrogen (secondary N) is 3. The number of carboxylic acids is 1. The van der Waals surface area contributed by atoms with Crippen molar-refractivity contribution in [3.8, 4) is 0 Å². The largest absolute Gasteiger partial charge is 0.481 e. The summed E-state index contributed by atoms with van der Waals surface area (Å²) in [4.78, 5) is 71.6. The smallest absolute Gasteiger partial charge is 0.305 e. The van der Waals surface area contributed by atoms with Gasteiger partial charge in [-0.2, -0.15) is 0 Å². The molecule has 9 N–H and O–H groups in total. The predicted molar refractivity (Wildman–Crippen MR) is 117 cm³/mol. The van der Waals surface area contributed by atoms with Gasteiger partial charge in [-0.3, -0.25) is 28.8 Å². The number of aliphatic carboxylic acids is 1. The molecule has 0 fully saturated rings. The van der Waals surface area contributed by atoms with Gasteiger partial charge in [-0.25, -0.2) is 0 Å². The van der Waals surface area contributed by atoms with Gasteiger partial charge in [-0.1, -0.05) is 13.8 Å². The van der Waals surface area contributed by atoms with Crippen molar-refractivity contribution < 1.29 is 39.0 Å². The summed E-state index contributed by atoms with van der Waals surface area (Å²) in [6, 6.07) is -5.21. The summed E-state index contributed by atoms with van der Waals surface area (Å²) in [7, 11) is 0. The van der Waals surface area contributed by atoms with E-state index < -0.39 is 78.5 Å². The SMILES string of the molecule is CC(C)C[C@H](NC(=O)[C@H](CCC(N)=O)NC(=O)[C@@H](N)CO)C(=O)N[C@@H](CC(=O)O)C(=O)CCl. The van der Waals surface area contributed by atoms with Gasteiger partial charge in [0.1, 0.15) is 18.1 Å². The number of rotatable bonds is 16. The molecule has 0 radical (unpaired) electrons. The van der Waals surface area contributed by atoms with Gasteiger partial charge < -0.3 is 37.6 Å². The number of carbonyl (C=O) groups excluding carboxylic acids is 5. The second kappa shape index (κ2) is 15.1. The number of hydrogen-bond donors (Lipinski definition) is 7. The van der Waals surface area contributed by atoms with Crippen LogP contribution in [0.25, 0.3) is 0 Å². The van der Waals surface area contributed by atoms with E-state index in [0.29, 0.717) is 0 Å². The first-order valence-corrected chi connectivity index (χ1v) is 10.7. The Kier molecular flexibility index (Phi) is 13.9. The molecule has 0 aromatic heterocycles. The molecule has 0 aromatic rings. The van der Waals surface area contributed by atoms with E-state index in [4.69, 9.17) is 33.3 Å². The van der Waals surface area contributed by atoms with E-state index in [2.05, 4.69) is 16.0 Å². The summed E-state index contributed by atoms with van der Waals surface area (Å²) in [5, 5.41) is 25.0. The lowest BCUT2D eigenvalue weighted by Crippen LogP contribution is -2.58. The second-order valence-corrected chi connectivity index (χ2v) is 8.07. The van der Waals surface area contributed by atoms with Crippen LogP contribution in [0.1, 0.15) is 39.5 Å². The molecule has 0 heterocycles. The number of hydrogen-bond acceptors (Lipinski definition) is 8. The van der Waals surface area contributed by atoms with E-state index in [1.165, 1.54) is 0 Å². The van der Waals surface area contributed by atoms with Gasteiger partial charge in [0.25, 0.3) is 0 Å². The average Bonchev–Trinajstić information content (AvgIpc) is 2.73. The lowest BCUT2D eigenvalue weighted by atomic mass is 10.0. The quantitative estimate of drug-likeness (QED) is 0.111. The minimum absolute atomic E-state index is 0.107. The molecular formula is C19H32ClN5O8. The van der Waals surface area contributed by atoms with Gasteiger partial charge in [0.05, 0.1) is 24.9 Å². The van der Waals surface area contributed by atoms with Crippen molar-refractivity contribution >= 4 is 47.0 Å². The number of halogens is 1. The lowest BCUT2D eigenvalue weighted by molar-refractivity contribution is -0.140. The number of ketones is 1. The van der Waals surface area contributed by atoms with Crippen LogP contribution < -0.4 is 27.4 Å². The number of aliphatic hydroxyl groups excluding tert-OH is 1. The van der Waals surface area contributed by atoms with Crippen LogP contribution in [0.3, 0.4) is 0 Å². The first-order chi connectivity index (χ1) is 15.3. The third-order valence-electron chi connectivity index (χ3n) is 4.40. The highest BCUT2D eigenvalue weighted by atomic mass is 35.5. The fourth-order valence-corrected chi connectivity index (χ4v) is 2.86. The van der Waals surface area contributed by atoms with Crippen LogP contribution in [0.15, 0.2) is 0 Å². The molecule has 4 amide bonds. The van der Waals surface area contributed by atoms with Crippen molar-refractivity contribution in [2.75, 3.05) is 12.5 Å². The third-order valence-corrected chi connectivity index (χ3v) is 4.66. The molecule has 13 nitrogen and oxygen atoms in total. The Labute approximate surface area is 195 Å². The normalized spacial score (nSPS) is 14.5. The first-order valence-electron chi connectivity index (χ1n) is 10.2. The van der Waals surface area contributed by atoms with Crippen molar-refractivity contribution in [3.63, 3.8) is 0 Å². The Morgan fingerprint density at radius 3 is 1.88 bits per heavy atom. The highest BCUT2D eigenvalue weighted by Crippen LogP contribution is 2.08. The van der Waals surface area contributed by atoms with E-state index in [-0.39, 0.29) is 25.2 Å². The minimum Gasteiger partial charge on any atom is -0.481 e. The highest BCUT2D eigenvalue weighted by molar-refractivity contribution is 6.28. The first kappa shape index (κ1) is 30.2. The summed E-state index contributed by atoms with van der Waals surface area (Å²) in [6.07, 6.45) is -1.05. The fourth-order valence-electron chi connectivity index (χ4n) is 2.68. The Morgan fingerprint density at radius 1 is 0.909 bits per heavy atom. The monoisotopic (exact) mass is 493 g/mol. The molecule has 4 atom stereocenters. The van der Waals surface area contributed by atoms with Crippen LogP contribution in [0.4, 0.5) is 0 Å². The topological polar surface area (TPSA) is 231 Å². The number of primary amides is 1. The van der Waals surface area contributed by atoms with E-state index in [0.717, 1.165) is 0 Å². The van der Waals surface area contributed by atoms with Crippen molar-refractivity contribution in [2.45, 2.75) is 63.7 Å². The Hall–Kier alpha value is -2.77. The molecule has 0 bridgehead atoms. The van der Waals surface area contributed by atoms with E-state index in [9.17, 15) is 28.8 Å². The van der Waals surface area contributed by atoms with Gasteiger partial charge in [0.15, 0.2) is 5.78 Å². The number of carboxylic acid groups (broad SMARTS) is 1. The Balaban J connectivity index is 5.60. The number of amides is 4. The lowest BCUT2D eigenvalue weighted by Gasteiger charge is -2.26. The van der Waals surface area contributed by atoms with Gasteiger partial charge in [-0.05, 0) is 18.8 Å². The summed E-state index contributed by atoms with van der Waals surface area (Å²) >= 11 is 5.48. The highest BCUT2D eigenvalue weighted by Gasteiger charge is 2.31. The fraction of sp³-hybridized carbons (Fsp3) is 0.684. The van der Waals surface area contributed by atoms with E-state index in [1.54, 1.807) is 13.8 Å². The molecule has 0 aliphatic carbocycles. The molecule has 0 saturated heterocycles. The molecule has 0 rings (SSSR count). The molecule has 0 spiro atoms. The third kappa shape index (κ3) is 12.2. The Bertz CT molecular complexity index is 733. The van der Waals surface area contributed by atoms with E-state index >= 15 is 0 Å². The van der Waals surface area contributed by atoms with Crippen molar-refractivity contribution in [2.24, 2.45) is 17.4 Å². The van der Waals surface area contributed by atoms with Crippen LogP contribution in [0.5, 0.6) is 0 Å². The van der Waals surface area contributed by atoms with Crippen LogP contribution in [0.2, 0.25) is 0 Å². The maximum Gasteiger partial charge on any atom is 0.305 e. The number of Topliss-reactive ketones (excluding diaryl/α,β-unsaturated/α-hetero) is 1. The maximum absolute atomic E-state index is 12.8. The minimum atomic E-state index is -1.40. The summed E-state index contributed by atoms with van der Waals surface area (Å²) in [5.74, 6) is -5.94. The summed E-state index contributed by atoms with van der Waals surface area (Å²) < 4.78 is 0. The molecular weight excluding hydrogens is 462 g/mol. The molecule has 33 heavy (non-hydrogen) atoms. The number of alkyl halides is 1. The zero-order valence-corrected chi connectivity index (χ0v) is 19.3. The van der Waals surface area contributed by atoms with Crippen LogP contribution in [0, 0.1) is 5.92 Å². The van der Waals surface area contributed by atoms with E-state index in [1.807, 2.05) is 0 Å². The molecule has 0 aliphatic heterocycles. The van der Waals surface area contributed by atoms with Crippen molar-refractivity contribution in [1.82, 2.24) is 16.0 Å². The average molecular weight is 494 g/mol. The molecule has 0 saturated carbocycles. The van der Waals surface area contributed by atoms with Crippen molar-refractivity contribution in [1.29, 1.82) is 0 Å². The number of nitrogens with two attached hydrogens (primary N) is 2. The predicted octanol–water partition coefficient (Wildman–Crippen LogP) is -2.65. The zero-order valence-electron chi connectivity index (χ0n) is 18.5. The molecule has 14 heteroatoms. The maximum atomic E-state index is 12.8. The van der Waals surface area contributed by atoms with Gasteiger partial charge in [-0.15, -0.1) is 11.6 Å². The number of aliphatic hydroxyl groups is 1.